The summed E-state index contributed by atoms with van der Waals surface area (Å²) in [5, 5.41) is 1.85. The Balaban J connectivity index is 0.000000206. The summed E-state index contributed by atoms with van der Waals surface area (Å²) in [7, 11) is 3.21. The fourth-order valence-corrected chi connectivity index (χ4v) is 8.18. The molecule has 3 aromatic carbocycles. The largest absolute Gasteiger partial charge is 0.493 e. The Kier molecular flexibility index (Phi) is 14.9. The number of carbonyl (C=O) groups excluding carboxylic acids is 2. The summed E-state index contributed by atoms with van der Waals surface area (Å²) < 4.78 is 40.5. The molecule has 15 nitrogen and oxygen atoms in total. The number of fused-ring (bicyclic) bond motifs is 3. The van der Waals surface area contributed by atoms with Gasteiger partial charge in [-0.2, -0.15) is 0 Å². The number of carbonyl (C=O) groups is 2. The Morgan fingerprint density at radius 2 is 1.17 bits per heavy atom. The standard InChI is InChI=1S/C30H35N3O5.C20H26ClN3O4/c1-19-6-7-21-8-9-22(14-23(19)21)37-28-24-15-26(35-5)27(16-25(24)31-18-32-28)36-17-20-10-12-33(13-11-20)29(34)38-30(2,3)4;1-20(2,3)28-19(25)24-7-5-13(6-8-24)11-27-17-10-15-14(9-16(17)26-4)18(21)23-12-22-15/h6,8-9,14-16,18,20H,7,10-13,17H2,1-5H3;9-10,12-13H,5-8,11H2,1-4H3. The number of amides is 2. The molecule has 2 aliphatic heterocycles. The van der Waals surface area contributed by atoms with Crippen molar-refractivity contribution in [1.82, 2.24) is 29.7 Å². The predicted octanol–water partition coefficient (Wildman–Crippen LogP) is 10.7. The number of ether oxygens (including phenoxy) is 7. The van der Waals surface area contributed by atoms with Gasteiger partial charge < -0.3 is 43.0 Å². The second-order valence-corrected chi connectivity index (χ2v) is 19.2. The van der Waals surface area contributed by atoms with Crippen LogP contribution in [0.2, 0.25) is 5.15 Å². The zero-order valence-corrected chi connectivity index (χ0v) is 40.2. The van der Waals surface area contributed by atoms with Crippen molar-refractivity contribution in [3.8, 4) is 34.6 Å². The molecule has 2 amide bonds. The molecule has 8 rings (SSSR count). The monoisotopic (exact) mass is 924 g/mol. The molecular weight excluding hydrogens is 864 g/mol. The van der Waals surface area contributed by atoms with E-state index in [-0.39, 0.29) is 12.2 Å². The zero-order chi connectivity index (χ0) is 47.2. The number of halogens is 1. The van der Waals surface area contributed by atoms with Crippen molar-refractivity contribution in [3.05, 3.63) is 77.5 Å². The Hall–Kier alpha value is -6.09. The third-order valence-corrected chi connectivity index (χ3v) is 11.9. The van der Waals surface area contributed by atoms with Crippen LogP contribution in [0.15, 0.2) is 61.2 Å². The molecule has 3 aliphatic rings. The lowest BCUT2D eigenvalue weighted by Gasteiger charge is -2.33. The van der Waals surface area contributed by atoms with Gasteiger partial charge in [0.2, 0.25) is 5.88 Å². The van der Waals surface area contributed by atoms with Crippen molar-refractivity contribution in [2.24, 2.45) is 11.8 Å². The maximum atomic E-state index is 12.3. The van der Waals surface area contributed by atoms with Crippen molar-refractivity contribution in [2.75, 3.05) is 53.6 Å². The summed E-state index contributed by atoms with van der Waals surface area (Å²) >= 11 is 6.13. The van der Waals surface area contributed by atoms with Crippen LogP contribution in [0, 0.1) is 11.8 Å². The lowest BCUT2D eigenvalue weighted by atomic mass is 9.98. The Bertz CT molecular complexity index is 2560. The lowest BCUT2D eigenvalue weighted by Crippen LogP contribution is -2.42. The number of rotatable bonds is 10. The van der Waals surface area contributed by atoms with Crippen LogP contribution in [-0.4, -0.2) is 107 Å². The average Bonchev–Trinajstić information content (AvgIpc) is 3.65. The maximum Gasteiger partial charge on any atom is 0.410 e. The maximum absolute atomic E-state index is 12.3. The van der Waals surface area contributed by atoms with Gasteiger partial charge in [0.25, 0.3) is 0 Å². The van der Waals surface area contributed by atoms with Gasteiger partial charge in [-0.25, -0.2) is 29.5 Å². The first-order valence-corrected chi connectivity index (χ1v) is 22.8. The molecule has 0 bridgehead atoms. The van der Waals surface area contributed by atoms with E-state index in [9.17, 15) is 9.59 Å². The van der Waals surface area contributed by atoms with E-state index in [1.165, 1.54) is 29.4 Å². The van der Waals surface area contributed by atoms with Gasteiger partial charge in [0.15, 0.2) is 23.0 Å². The highest BCUT2D eigenvalue weighted by Crippen LogP contribution is 2.39. The van der Waals surface area contributed by atoms with E-state index in [1.807, 2.05) is 65.8 Å². The summed E-state index contributed by atoms with van der Waals surface area (Å²) in [6.07, 6.45) is 9.04. The highest BCUT2D eigenvalue weighted by molar-refractivity contribution is 6.34. The van der Waals surface area contributed by atoms with Crippen LogP contribution in [0.3, 0.4) is 0 Å². The third-order valence-electron chi connectivity index (χ3n) is 11.6. The van der Waals surface area contributed by atoms with Gasteiger partial charge in [0, 0.05) is 43.7 Å². The first-order chi connectivity index (χ1) is 31.5. The van der Waals surface area contributed by atoms with Gasteiger partial charge in [-0.05, 0) is 133 Å². The predicted molar refractivity (Wildman–Crippen MR) is 253 cm³/mol. The summed E-state index contributed by atoms with van der Waals surface area (Å²) in [5.74, 6) is 4.32. The molecule has 0 unspecified atom stereocenters. The van der Waals surface area contributed by atoms with Gasteiger partial charge in [-0.3, -0.25) is 0 Å². The molecular formula is C50H61ClN6O9. The van der Waals surface area contributed by atoms with Crippen LogP contribution in [0.25, 0.3) is 27.4 Å². The third kappa shape index (κ3) is 12.2. The Morgan fingerprint density at radius 1 is 0.667 bits per heavy atom. The Labute approximate surface area is 391 Å². The zero-order valence-electron chi connectivity index (χ0n) is 39.4. The molecule has 4 heterocycles. The summed E-state index contributed by atoms with van der Waals surface area (Å²) in [4.78, 5) is 45.1. The van der Waals surface area contributed by atoms with Crippen LogP contribution >= 0.6 is 11.6 Å². The van der Waals surface area contributed by atoms with Crippen molar-refractivity contribution >= 4 is 51.2 Å². The molecule has 0 atom stereocenters. The minimum absolute atomic E-state index is 0.250. The van der Waals surface area contributed by atoms with Crippen LogP contribution < -0.4 is 23.7 Å². The number of piperidine rings is 2. The topological polar surface area (TPSA) is 157 Å². The van der Waals surface area contributed by atoms with Gasteiger partial charge in [-0.1, -0.05) is 23.7 Å². The van der Waals surface area contributed by atoms with Gasteiger partial charge in [-0.15, -0.1) is 0 Å². The normalized spacial score (nSPS) is 15.6. The number of aromatic nitrogens is 4. The molecule has 352 valence electrons. The van der Waals surface area contributed by atoms with E-state index in [1.54, 1.807) is 30.1 Å². The highest BCUT2D eigenvalue weighted by atomic mass is 35.5. The van der Waals surface area contributed by atoms with E-state index >= 15 is 0 Å². The van der Waals surface area contributed by atoms with E-state index < -0.39 is 11.2 Å². The van der Waals surface area contributed by atoms with Crippen LogP contribution in [-0.2, 0) is 15.9 Å². The minimum Gasteiger partial charge on any atom is -0.493 e. The quantitative estimate of drug-likeness (QED) is 0.122. The number of allylic oxidation sites excluding steroid dienone is 2. The van der Waals surface area contributed by atoms with Crippen molar-refractivity contribution < 1.29 is 42.7 Å². The first kappa shape index (κ1) is 47.9. The molecule has 0 radical (unpaired) electrons. The molecule has 0 saturated carbocycles. The molecule has 66 heavy (non-hydrogen) atoms. The molecule has 2 fully saturated rings. The van der Waals surface area contributed by atoms with Crippen molar-refractivity contribution in [2.45, 2.75) is 91.8 Å². The number of hydrogen-bond donors (Lipinski definition) is 0. The van der Waals surface area contributed by atoms with Gasteiger partial charge >= 0.3 is 12.2 Å². The molecule has 2 saturated heterocycles. The summed E-state index contributed by atoms with van der Waals surface area (Å²) in [6, 6.07) is 13.5. The number of methoxy groups -OCH3 is 2. The molecule has 16 heteroatoms. The highest BCUT2D eigenvalue weighted by Gasteiger charge is 2.29. The number of hydrogen-bond acceptors (Lipinski definition) is 13. The smallest absolute Gasteiger partial charge is 0.410 e. The molecule has 0 N–H and O–H groups in total. The summed E-state index contributed by atoms with van der Waals surface area (Å²) in [6.45, 7) is 17.1. The first-order valence-electron chi connectivity index (χ1n) is 22.5. The number of nitrogens with zero attached hydrogens (tertiary/aromatic N) is 6. The molecule has 0 spiro atoms. The van der Waals surface area contributed by atoms with Gasteiger partial charge in [0.1, 0.15) is 34.8 Å². The summed E-state index contributed by atoms with van der Waals surface area (Å²) in [5.41, 5.74) is 4.23. The van der Waals surface area contributed by atoms with E-state index in [0.717, 1.165) is 48.6 Å². The number of likely N-dealkylation sites (tertiary alicyclic amines) is 2. The van der Waals surface area contributed by atoms with E-state index in [2.05, 4.69) is 45.1 Å². The van der Waals surface area contributed by atoms with Crippen molar-refractivity contribution in [3.63, 3.8) is 0 Å². The molecule has 5 aromatic rings. The fourth-order valence-electron chi connectivity index (χ4n) is 7.98. The molecule has 1 aliphatic carbocycles. The van der Waals surface area contributed by atoms with E-state index in [0.29, 0.717) is 96.3 Å². The second kappa shape index (κ2) is 20.6. The fraction of sp³-hybridized carbons (Fsp3) is 0.480. The minimum atomic E-state index is -0.490. The lowest BCUT2D eigenvalue weighted by molar-refractivity contribution is 0.0155. The Morgan fingerprint density at radius 3 is 1.68 bits per heavy atom. The van der Waals surface area contributed by atoms with Crippen molar-refractivity contribution in [1.29, 1.82) is 0 Å². The SMILES string of the molecule is COc1cc2c(Cl)ncnc2cc1OCC1CCN(C(=O)OC(C)(C)C)CC1.COc1cc2c(Oc3ccc4c(c3)C(C)=CC4)ncnc2cc1OCC1CCN(C(=O)OC(C)(C)C)CC1. The van der Waals surface area contributed by atoms with Gasteiger partial charge in [0.05, 0.1) is 43.9 Å². The van der Waals surface area contributed by atoms with Crippen LogP contribution in [0.1, 0.15) is 85.3 Å². The number of benzene rings is 3. The van der Waals surface area contributed by atoms with E-state index in [4.69, 9.17) is 44.8 Å². The second-order valence-electron chi connectivity index (χ2n) is 18.8. The van der Waals surface area contributed by atoms with Crippen LogP contribution in [0.5, 0.6) is 34.6 Å². The van der Waals surface area contributed by atoms with Crippen LogP contribution in [0.4, 0.5) is 9.59 Å². The molecule has 2 aromatic heterocycles. The average molecular weight is 926 g/mol.